The molecule has 1 saturated heterocycles. The summed E-state index contributed by atoms with van der Waals surface area (Å²) in [7, 11) is 8.95. The predicted molar refractivity (Wildman–Crippen MR) is 151 cm³/mol. The Morgan fingerprint density at radius 1 is 0.833 bits per heavy atom. The maximum absolute atomic E-state index is 13.3. The number of aliphatic hydroxyl groups excluding tert-OH is 1. The first-order valence-electron chi connectivity index (χ1n) is 14.0. The first-order chi connectivity index (χ1) is 20.3. The fourth-order valence-corrected chi connectivity index (χ4v) is 7.05. The van der Waals surface area contributed by atoms with E-state index in [1.54, 1.807) is 14.2 Å². The van der Waals surface area contributed by atoms with E-state index in [-0.39, 0.29) is 23.4 Å². The van der Waals surface area contributed by atoms with Crippen LogP contribution in [0.1, 0.15) is 40.4 Å². The molecule has 2 fully saturated rings. The van der Waals surface area contributed by atoms with Crippen LogP contribution in [0.2, 0.25) is 0 Å². The highest BCUT2D eigenvalue weighted by Crippen LogP contribution is 2.50. The molecular formula is C31H39NO10. The molecule has 6 atom stereocenters. The van der Waals surface area contributed by atoms with Crippen LogP contribution in [0.4, 0.5) is 0 Å². The van der Waals surface area contributed by atoms with Crippen molar-refractivity contribution in [1.82, 2.24) is 4.90 Å². The first-order valence-corrected chi connectivity index (χ1v) is 14.0. The highest BCUT2D eigenvalue weighted by molar-refractivity contribution is 5.91. The molecule has 1 N–H and O–H groups in total. The Hall–Kier alpha value is -3.70. The summed E-state index contributed by atoms with van der Waals surface area (Å²) >= 11 is 0. The van der Waals surface area contributed by atoms with E-state index in [4.69, 9.17) is 33.2 Å². The maximum Gasteiger partial charge on any atom is 0.338 e. The highest BCUT2D eigenvalue weighted by Gasteiger charge is 2.53. The van der Waals surface area contributed by atoms with Crippen molar-refractivity contribution in [3.8, 4) is 28.7 Å². The second-order valence-electron chi connectivity index (χ2n) is 11.0. The van der Waals surface area contributed by atoms with Gasteiger partial charge in [0.15, 0.2) is 23.0 Å². The number of carbonyl (C=O) groups is 2. The maximum atomic E-state index is 13.3. The van der Waals surface area contributed by atoms with Gasteiger partial charge in [-0.05, 0) is 66.5 Å². The quantitative estimate of drug-likeness (QED) is 0.460. The van der Waals surface area contributed by atoms with Crippen LogP contribution in [0.3, 0.4) is 0 Å². The third-order valence-electron chi connectivity index (χ3n) is 9.06. The second-order valence-corrected chi connectivity index (χ2v) is 11.0. The Bertz CT molecular complexity index is 1300. The molecule has 0 radical (unpaired) electrons. The van der Waals surface area contributed by atoms with Crippen molar-refractivity contribution in [1.29, 1.82) is 0 Å². The summed E-state index contributed by atoms with van der Waals surface area (Å²) in [6.45, 7) is 1.54. The van der Waals surface area contributed by atoms with E-state index in [1.165, 1.54) is 46.1 Å². The van der Waals surface area contributed by atoms with Crippen molar-refractivity contribution in [2.75, 3.05) is 55.7 Å². The van der Waals surface area contributed by atoms with E-state index < -0.39 is 30.1 Å². The molecule has 0 bridgehead atoms. The molecule has 2 heterocycles. The number of hydrogen-bond donors (Lipinski definition) is 1. The lowest BCUT2D eigenvalue weighted by atomic mass is 9.63. The molecule has 11 nitrogen and oxygen atoms in total. The van der Waals surface area contributed by atoms with Gasteiger partial charge in [-0.25, -0.2) is 4.79 Å². The molecule has 11 heteroatoms. The molecule has 0 unspecified atom stereocenters. The van der Waals surface area contributed by atoms with Crippen LogP contribution in [-0.2, 0) is 20.7 Å². The zero-order chi connectivity index (χ0) is 30.1. The van der Waals surface area contributed by atoms with Gasteiger partial charge in [0, 0.05) is 19.1 Å². The van der Waals surface area contributed by atoms with E-state index in [0.29, 0.717) is 48.1 Å². The molecule has 0 amide bonds. The lowest BCUT2D eigenvalue weighted by Gasteiger charge is -2.52. The Morgan fingerprint density at radius 3 is 2.07 bits per heavy atom. The monoisotopic (exact) mass is 585 g/mol. The van der Waals surface area contributed by atoms with Gasteiger partial charge in [0.05, 0.1) is 54.1 Å². The predicted octanol–water partition coefficient (Wildman–Crippen LogP) is 3.04. The number of rotatable bonds is 8. The molecule has 2 aliphatic heterocycles. The molecule has 228 valence electrons. The van der Waals surface area contributed by atoms with Crippen LogP contribution < -0.4 is 23.7 Å². The SMILES string of the molecule is COC(=O)[C@@H]1[C@H](O)[C@H](OC(=O)c2cc(OC)c(OC)c(OC)c2)C[C@@H]2CN3CCc4cc(OC)c(OC)cc4[C@@H]3C[C@@H]21. The Balaban J connectivity index is 1.41. The van der Waals surface area contributed by atoms with Crippen molar-refractivity contribution >= 4 is 11.9 Å². The minimum Gasteiger partial charge on any atom is -0.493 e. The molecule has 42 heavy (non-hydrogen) atoms. The minimum absolute atomic E-state index is 0.00758. The zero-order valence-corrected chi connectivity index (χ0v) is 24.9. The molecule has 1 aliphatic carbocycles. The van der Waals surface area contributed by atoms with Crippen molar-refractivity contribution in [3.63, 3.8) is 0 Å². The summed E-state index contributed by atoms with van der Waals surface area (Å²) in [5.41, 5.74) is 2.51. The third-order valence-corrected chi connectivity index (χ3v) is 9.06. The zero-order valence-electron chi connectivity index (χ0n) is 24.9. The summed E-state index contributed by atoms with van der Waals surface area (Å²) in [5.74, 6) is 0.125. The number of nitrogens with zero attached hydrogens (tertiary/aromatic N) is 1. The molecule has 0 spiro atoms. The number of hydrogen-bond acceptors (Lipinski definition) is 11. The van der Waals surface area contributed by atoms with Crippen LogP contribution >= 0.6 is 0 Å². The van der Waals surface area contributed by atoms with Crippen molar-refractivity contribution < 1.29 is 47.9 Å². The van der Waals surface area contributed by atoms with Gasteiger partial charge < -0.3 is 38.3 Å². The fraction of sp³-hybridized carbons (Fsp3) is 0.548. The van der Waals surface area contributed by atoms with Gasteiger partial charge in [-0.3, -0.25) is 9.69 Å². The van der Waals surface area contributed by atoms with Gasteiger partial charge in [0.1, 0.15) is 12.2 Å². The largest absolute Gasteiger partial charge is 0.493 e. The number of esters is 2. The van der Waals surface area contributed by atoms with Gasteiger partial charge in [-0.15, -0.1) is 0 Å². The summed E-state index contributed by atoms with van der Waals surface area (Å²) < 4.78 is 38.3. The van der Waals surface area contributed by atoms with Gasteiger partial charge >= 0.3 is 11.9 Å². The number of carbonyl (C=O) groups excluding carboxylic acids is 2. The molecule has 1 saturated carbocycles. The molecule has 2 aromatic carbocycles. The van der Waals surface area contributed by atoms with Crippen LogP contribution in [0.5, 0.6) is 28.7 Å². The summed E-state index contributed by atoms with van der Waals surface area (Å²) in [4.78, 5) is 28.9. The van der Waals surface area contributed by atoms with E-state index in [9.17, 15) is 14.7 Å². The minimum atomic E-state index is -1.23. The number of benzene rings is 2. The normalized spacial score (nSPS) is 26.5. The van der Waals surface area contributed by atoms with E-state index in [2.05, 4.69) is 4.90 Å². The van der Waals surface area contributed by atoms with Crippen LogP contribution in [-0.4, -0.2) is 89.9 Å². The van der Waals surface area contributed by atoms with Crippen LogP contribution in [0, 0.1) is 17.8 Å². The van der Waals surface area contributed by atoms with Gasteiger partial charge in [0.2, 0.25) is 5.75 Å². The average Bonchev–Trinajstić information content (AvgIpc) is 3.02. The van der Waals surface area contributed by atoms with Crippen molar-refractivity contribution in [3.05, 3.63) is 41.0 Å². The lowest BCUT2D eigenvalue weighted by Crippen LogP contribution is -2.58. The number of ether oxygens (including phenoxy) is 7. The van der Waals surface area contributed by atoms with Gasteiger partial charge in [-0.1, -0.05) is 0 Å². The Kier molecular flexibility index (Phi) is 8.70. The average molecular weight is 586 g/mol. The number of fused-ring (bicyclic) bond motifs is 4. The second kappa shape index (κ2) is 12.3. The summed E-state index contributed by atoms with van der Waals surface area (Å²) in [5, 5.41) is 11.5. The lowest BCUT2D eigenvalue weighted by molar-refractivity contribution is -0.172. The molecule has 3 aliphatic rings. The van der Waals surface area contributed by atoms with Crippen LogP contribution in [0.25, 0.3) is 0 Å². The summed E-state index contributed by atoms with van der Waals surface area (Å²) in [6.07, 6.45) is -0.217. The molecule has 0 aromatic heterocycles. The Morgan fingerprint density at radius 2 is 1.48 bits per heavy atom. The van der Waals surface area contributed by atoms with E-state index >= 15 is 0 Å². The number of aliphatic hydroxyl groups is 1. The van der Waals surface area contributed by atoms with E-state index in [1.807, 2.05) is 12.1 Å². The van der Waals surface area contributed by atoms with Crippen molar-refractivity contribution in [2.45, 2.75) is 37.5 Å². The summed E-state index contributed by atoms with van der Waals surface area (Å²) in [6, 6.07) is 7.11. The standard InChI is InChI=1S/C31H39NO10/c1-36-22-9-16-7-8-32-15-18-12-24(42-30(34)17-10-25(38-3)29(40-5)26(11-17)39-4)28(33)27(31(35)41-6)20(18)13-21(32)19(16)14-23(22)37-2/h9-11,14,18,20-21,24,27-28,33H,7-8,12-13,15H2,1-6H3/t18-,20+,21+,24-,27+,28-/m1/s1. The number of piperidine rings is 1. The van der Waals surface area contributed by atoms with Gasteiger partial charge in [-0.2, -0.15) is 0 Å². The van der Waals surface area contributed by atoms with Crippen LogP contribution in [0.15, 0.2) is 24.3 Å². The smallest absolute Gasteiger partial charge is 0.338 e. The van der Waals surface area contributed by atoms with Crippen molar-refractivity contribution in [2.24, 2.45) is 17.8 Å². The van der Waals surface area contributed by atoms with E-state index in [0.717, 1.165) is 18.5 Å². The van der Waals surface area contributed by atoms with Gasteiger partial charge in [0.25, 0.3) is 0 Å². The fourth-order valence-electron chi connectivity index (χ4n) is 7.05. The molecular weight excluding hydrogens is 546 g/mol. The Labute approximate surface area is 245 Å². The first kappa shape index (κ1) is 29.8. The third kappa shape index (κ3) is 5.20. The topological polar surface area (TPSA) is 122 Å². The molecule has 2 aromatic rings. The highest BCUT2D eigenvalue weighted by atomic mass is 16.6. The number of methoxy groups -OCH3 is 6. The molecule has 5 rings (SSSR count).